The van der Waals surface area contributed by atoms with Crippen LogP contribution < -0.4 is 0 Å². The summed E-state index contributed by atoms with van der Waals surface area (Å²) >= 11 is 7.32. The lowest BCUT2D eigenvalue weighted by Gasteiger charge is -2.09. The Morgan fingerprint density at radius 2 is 2.17 bits per heavy atom. The Hall–Kier alpha value is -2.43. The van der Waals surface area contributed by atoms with Crippen LogP contribution in [0, 0.1) is 21.4 Å². The molecule has 0 saturated heterocycles. The van der Waals surface area contributed by atoms with Gasteiger partial charge in [-0.05, 0) is 37.3 Å². The van der Waals surface area contributed by atoms with Gasteiger partial charge in [0.05, 0.1) is 10.5 Å². The fraction of sp³-hybridized carbons (Fsp3) is 0.250. The quantitative estimate of drug-likeness (QED) is 0.493. The lowest BCUT2D eigenvalue weighted by atomic mass is 9.96. The van der Waals surface area contributed by atoms with Gasteiger partial charge >= 0.3 is 5.69 Å². The summed E-state index contributed by atoms with van der Waals surface area (Å²) in [6.45, 7) is 0. The smallest absolute Gasteiger partial charge is 0.312 e. The molecule has 0 aliphatic heterocycles. The molecule has 122 valence electrons. The van der Waals surface area contributed by atoms with Gasteiger partial charge in [0.15, 0.2) is 0 Å². The highest BCUT2D eigenvalue weighted by atomic mass is 35.5. The van der Waals surface area contributed by atoms with E-state index in [0.717, 1.165) is 37.3 Å². The molecular formula is C16H12ClN3O3S. The molecule has 2 aromatic rings. The molecular weight excluding hydrogens is 350 g/mol. The molecule has 0 spiro atoms. The number of aliphatic imine (C=N–C) groups is 1. The molecule has 0 bridgehead atoms. The molecule has 1 aliphatic rings. The first-order valence-corrected chi connectivity index (χ1v) is 8.46. The number of nitro groups is 1. The van der Waals surface area contributed by atoms with Crippen molar-refractivity contribution in [3.63, 3.8) is 0 Å². The van der Waals surface area contributed by atoms with E-state index >= 15 is 0 Å². The second kappa shape index (κ2) is 6.59. The Balaban J connectivity index is 2.02. The zero-order valence-corrected chi connectivity index (χ0v) is 14.0. The van der Waals surface area contributed by atoms with Crippen molar-refractivity contribution in [2.45, 2.75) is 25.7 Å². The van der Waals surface area contributed by atoms with Crippen molar-refractivity contribution in [2.75, 3.05) is 0 Å². The van der Waals surface area contributed by atoms with E-state index in [2.05, 4.69) is 11.1 Å². The third-order valence-electron chi connectivity index (χ3n) is 3.87. The Kier molecular flexibility index (Phi) is 4.51. The van der Waals surface area contributed by atoms with Gasteiger partial charge in [-0.15, -0.1) is 11.3 Å². The predicted molar refractivity (Wildman–Crippen MR) is 92.7 cm³/mol. The van der Waals surface area contributed by atoms with E-state index in [1.54, 1.807) is 0 Å². The van der Waals surface area contributed by atoms with Crippen molar-refractivity contribution >= 4 is 39.8 Å². The number of hydrogen-bond donors (Lipinski definition) is 1. The molecule has 0 amide bonds. The van der Waals surface area contributed by atoms with Crippen LogP contribution in [0.5, 0.6) is 5.75 Å². The number of nitrogens with zero attached hydrogens (tertiary/aromatic N) is 3. The zero-order valence-electron chi connectivity index (χ0n) is 12.5. The molecule has 6 nitrogen and oxygen atoms in total. The molecule has 8 heteroatoms. The van der Waals surface area contributed by atoms with Gasteiger partial charge in [0.25, 0.3) is 0 Å². The minimum Gasteiger partial charge on any atom is -0.502 e. The monoisotopic (exact) mass is 361 g/mol. The van der Waals surface area contributed by atoms with Crippen LogP contribution in [0.1, 0.15) is 34.4 Å². The van der Waals surface area contributed by atoms with Crippen LogP contribution >= 0.6 is 22.9 Å². The topological polar surface area (TPSA) is 99.5 Å². The predicted octanol–water partition coefficient (Wildman–Crippen LogP) is 4.52. The van der Waals surface area contributed by atoms with Crippen molar-refractivity contribution in [3.8, 4) is 11.8 Å². The first-order valence-electron chi connectivity index (χ1n) is 7.27. The summed E-state index contributed by atoms with van der Waals surface area (Å²) in [6, 6.07) is 4.67. The number of rotatable bonds is 3. The summed E-state index contributed by atoms with van der Waals surface area (Å²) in [5.74, 6) is -0.493. The maximum absolute atomic E-state index is 10.9. The van der Waals surface area contributed by atoms with Gasteiger partial charge in [0.1, 0.15) is 11.1 Å². The number of halogens is 1. The Morgan fingerprint density at radius 3 is 2.88 bits per heavy atom. The third kappa shape index (κ3) is 2.98. The molecule has 1 N–H and O–H groups in total. The Bertz CT molecular complexity index is 899. The minimum absolute atomic E-state index is 0.131. The van der Waals surface area contributed by atoms with E-state index in [9.17, 15) is 20.5 Å². The van der Waals surface area contributed by atoms with Crippen LogP contribution in [-0.2, 0) is 12.8 Å². The number of phenolic OH excluding ortho intramolecular Hbond substituents is 1. The lowest BCUT2D eigenvalue weighted by Crippen LogP contribution is -1.99. The maximum atomic E-state index is 10.9. The van der Waals surface area contributed by atoms with Crippen molar-refractivity contribution < 1.29 is 10.0 Å². The first-order chi connectivity index (χ1) is 11.5. The molecule has 0 unspecified atom stereocenters. The second-order valence-corrected chi connectivity index (χ2v) is 6.90. The summed E-state index contributed by atoms with van der Waals surface area (Å²) in [5.41, 5.74) is 1.28. The van der Waals surface area contributed by atoms with Gasteiger partial charge in [-0.2, -0.15) is 5.26 Å². The molecule has 24 heavy (non-hydrogen) atoms. The fourth-order valence-electron chi connectivity index (χ4n) is 2.73. The van der Waals surface area contributed by atoms with Gasteiger partial charge < -0.3 is 5.11 Å². The number of benzene rings is 1. The number of aryl methyl sites for hydroxylation is 1. The fourth-order valence-corrected chi connectivity index (χ4v) is 4.13. The molecule has 0 atom stereocenters. The van der Waals surface area contributed by atoms with Crippen molar-refractivity contribution in [1.82, 2.24) is 0 Å². The second-order valence-electron chi connectivity index (χ2n) is 5.38. The highest BCUT2D eigenvalue weighted by Gasteiger charge is 2.21. The lowest BCUT2D eigenvalue weighted by molar-refractivity contribution is -0.385. The van der Waals surface area contributed by atoms with Gasteiger partial charge in [-0.3, -0.25) is 10.1 Å². The number of phenols is 1. The van der Waals surface area contributed by atoms with Crippen LogP contribution in [0.4, 0.5) is 10.7 Å². The number of aromatic hydroxyl groups is 1. The highest BCUT2D eigenvalue weighted by molar-refractivity contribution is 7.16. The minimum atomic E-state index is -0.705. The molecule has 1 aliphatic carbocycles. The number of hydrogen-bond acceptors (Lipinski definition) is 6. The average Bonchev–Trinajstić information content (AvgIpc) is 2.92. The summed E-state index contributed by atoms with van der Waals surface area (Å²) in [4.78, 5) is 15.7. The molecule has 1 heterocycles. The Morgan fingerprint density at radius 1 is 1.42 bits per heavy atom. The summed E-state index contributed by atoms with van der Waals surface area (Å²) in [5, 5.41) is 31.0. The van der Waals surface area contributed by atoms with Crippen molar-refractivity contribution in [2.24, 2.45) is 4.99 Å². The van der Waals surface area contributed by atoms with Gasteiger partial charge in [-0.1, -0.05) is 11.6 Å². The molecule has 0 saturated carbocycles. The number of fused-ring (bicyclic) bond motifs is 1. The van der Waals surface area contributed by atoms with Crippen molar-refractivity contribution in [1.29, 1.82) is 5.26 Å². The first kappa shape index (κ1) is 16.4. The number of thiophene rings is 1. The molecule has 1 aromatic carbocycles. The third-order valence-corrected chi connectivity index (χ3v) is 5.28. The Labute approximate surface area is 146 Å². The van der Waals surface area contributed by atoms with Crippen LogP contribution in [0.25, 0.3) is 0 Å². The van der Waals surface area contributed by atoms with E-state index < -0.39 is 16.4 Å². The summed E-state index contributed by atoms with van der Waals surface area (Å²) in [7, 11) is 0. The summed E-state index contributed by atoms with van der Waals surface area (Å²) < 4.78 is 0. The average molecular weight is 362 g/mol. The maximum Gasteiger partial charge on any atom is 0.312 e. The number of nitriles is 1. The van der Waals surface area contributed by atoms with E-state index in [1.807, 2.05) is 0 Å². The van der Waals surface area contributed by atoms with Crippen LogP contribution in [-0.4, -0.2) is 16.2 Å². The van der Waals surface area contributed by atoms with E-state index in [0.29, 0.717) is 10.6 Å². The van der Waals surface area contributed by atoms with Crippen LogP contribution in [0.2, 0.25) is 5.02 Å². The van der Waals surface area contributed by atoms with Crippen LogP contribution in [0.15, 0.2) is 17.1 Å². The number of nitro benzene ring substituents is 1. The molecule has 1 aromatic heterocycles. The van der Waals surface area contributed by atoms with E-state index in [1.165, 1.54) is 28.5 Å². The largest absolute Gasteiger partial charge is 0.502 e. The molecule has 3 rings (SSSR count). The SMILES string of the molecule is N#Cc1c(/N=C/c2cc(Cl)cc([N+](=O)[O-])c2O)sc2c1CCCC2. The van der Waals surface area contributed by atoms with Gasteiger partial charge in [-0.25, -0.2) is 4.99 Å². The van der Waals surface area contributed by atoms with Gasteiger partial charge in [0, 0.05) is 27.7 Å². The van der Waals surface area contributed by atoms with Crippen molar-refractivity contribution in [3.05, 3.63) is 48.8 Å². The highest BCUT2D eigenvalue weighted by Crippen LogP contribution is 2.40. The standard InChI is InChI=1S/C16H12ClN3O3S/c17-10-5-9(15(21)13(6-10)20(22)23)8-19-16-12(7-18)11-3-1-2-4-14(11)24-16/h5-6,8,21H,1-4H2/b19-8+. The molecule has 0 radical (unpaired) electrons. The van der Waals surface area contributed by atoms with E-state index in [4.69, 9.17) is 11.6 Å². The van der Waals surface area contributed by atoms with E-state index in [-0.39, 0.29) is 10.6 Å². The summed E-state index contributed by atoms with van der Waals surface area (Å²) in [6.07, 6.45) is 5.29. The van der Waals surface area contributed by atoms with Gasteiger partial charge in [0.2, 0.25) is 5.75 Å². The normalized spacial score (nSPS) is 13.7. The molecule has 0 fully saturated rings. The zero-order chi connectivity index (χ0) is 17.3. The van der Waals surface area contributed by atoms with Crippen LogP contribution in [0.3, 0.4) is 0 Å².